The van der Waals surface area contributed by atoms with Gasteiger partial charge in [-0.05, 0) is 162 Å². The summed E-state index contributed by atoms with van der Waals surface area (Å²) in [5, 5.41) is 8.00. The third kappa shape index (κ3) is 7.97. The number of nitrogens with zero attached hydrogens (tertiary/aromatic N) is 2. The highest BCUT2D eigenvalue weighted by molar-refractivity contribution is 7.00. The van der Waals surface area contributed by atoms with E-state index in [0.717, 1.165) is 0 Å². The third-order valence-electron chi connectivity index (χ3n) is 16.1. The molecule has 0 heterocycles. The normalized spacial score (nSPS) is 13.5. The molecule has 0 fully saturated rings. The van der Waals surface area contributed by atoms with Gasteiger partial charge in [0.2, 0.25) is 0 Å². The maximum Gasteiger partial charge on any atom is 0.0579 e. The summed E-state index contributed by atoms with van der Waals surface area (Å²) in [6, 6.07) is 66.2. The Morgan fingerprint density at radius 1 is 0.324 bits per heavy atom. The van der Waals surface area contributed by atoms with Gasteiger partial charge in [-0.1, -0.05) is 198 Å². The van der Waals surface area contributed by atoms with E-state index in [1.807, 2.05) is 0 Å². The molecule has 9 aromatic rings. The summed E-state index contributed by atoms with van der Waals surface area (Å²) in [5.74, 6) is 1.82. The van der Waals surface area contributed by atoms with Crippen LogP contribution in [0.2, 0.25) is 39.3 Å². The smallest absolute Gasteiger partial charge is 0.0579 e. The van der Waals surface area contributed by atoms with Crippen molar-refractivity contribution in [1.82, 2.24) is 0 Å². The van der Waals surface area contributed by atoms with E-state index in [-0.39, 0.29) is 4.66 Å². The summed E-state index contributed by atoms with van der Waals surface area (Å²) in [7, 11) is -4.40. The Labute approximate surface area is 427 Å². The molecule has 0 aliphatic heterocycles. The average Bonchev–Trinajstić information content (AvgIpc) is 3.69. The molecule has 1 aliphatic carbocycles. The number of rotatable bonds is 12. The maximum absolute atomic E-state index is 2.69. The van der Waals surface area contributed by atoms with Crippen LogP contribution in [0.25, 0.3) is 43.4 Å². The molecule has 360 valence electrons. The lowest BCUT2D eigenvalue weighted by molar-refractivity contribution is 0.866. The minimum atomic E-state index is -2.20. The van der Waals surface area contributed by atoms with Crippen LogP contribution in [0.15, 0.2) is 170 Å². The van der Waals surface area contributed by atoms with Gasteiger partial charge < -0.3 is 9.80 Å². The van der Waals surface area contributed by atoms with Crippen molar-refractivity contribution >= 4 is 82.6 Å². The van der Waals surface area contributed by atoms with Crippen molar-refractivity contribution in [2.45, 2.75) is 123 Å². The van der Waals surface area contributed by atoms with Gasteiger partial charge in [-0.25, -0.2) is 0 Å². The first kappa shape index (κ1) is 48.4. The van der Waals surface area contributed by atoms with E-state index in [0.29, 0.717) is 23.7 Å². The lowest BCUT2D eigenvalue weighted by Crippen LogP contribution is -2.63. The summed E-state index contributed by atoms with van der Waals surface area (Å²) < 4.78 is -0.152. The fourth-order valence-corrected chi connectivity index (χ4v) is 25.8. The lowest BCUT2D eigenvalue weighted by atomic mass is 9.89. The first-order valence-electron chi connectivity index (χ1n) is 26.4. The van der Waals surface area contributed by atoms with Crippen LogP contribution >= 0.6 is 0 Å². The molecule has 9 aromatic carbocycles. The van der Waals surface area contributed by atoms with Crippen LogP contribution in [-0.4, -0.2) is 16.1 Å². The van der Waals surface area contributed by atoms with E-state index in [1.165, 1.54) is 105 Å². The highest BCUT2D eigenvalue weighted by Crippen LogP contribution is 2.64. The molecule has 0 saturated carbocycles. The maximum atomic E-state index is 2.69. The van der Waals surface area contributed by atoms with E-state index in [4.69, 9.17) is 0 Å². The molecule has 0 unspecified atom stereocenters. The Morgan fingerprint density at radius 3 is 1.07 bits per heavy atom. The van der Waals surface area contributed by atoms with Crippen molar-refractivity contribution < 1.29 is 0 Å². The molecular weight excluding hydrogens is 889 g/mol. The minimum Gasteiger partial charge on any atom is -0.310 e. The quantitative estimate of drug-likeness (QED) is 0.0889. The van der Waals surface area contributed by atoms with Gasteiger partial charge in [-0.15, -0.1) is 0 Å². The van der Waals surface area contributed by atoms with Crippen LogP contribution in [0.5, 0.6) is 0 Å². The molecule has 4 heteroatoms. The minimum absolute atomic E-state index is 0.152. The molecular formula is C67H74N2Si2. The molecule has 0 radical (unpaired) electrons. The molecule has 0 amide bonds. The van der Waals surface area contributed by atoms with E-state index >= 15 is 0 Å². The van der Waals surface area contributed by atoms with Gasteiger partial charge in [-0.3, -0.25) is 0 Å². The van der Waals surface area contributed by atoms with Gasteiger partial charge in [0.25, 0.3) is 0 Å². The highest BCUT2D eigenvalue weighted by Gasteiger charge is 2.60. The number of hydrogen-bond acceptors (Lipinski definition) is 2. The van der Waals surface area contributed by atoms with Crippen molar-refractivity contribution in [2.24, 2.45) is 0 Å². The van der Waals surface area contributed by atoms with E-state index in [9.17, 15) is 0 Å². The summed E-state index contributed by atoms with van der Waals surface area (Å²) in [6.07, 6.45) is 0. The Bertz CT molecular complexity index is 3300. The van der Waals surface area contributed by atoms with Gasteiger partial charge >= 0.3 is 0 Å². The van der Waals surface area contributed by atoms with E-state index < -0.39 is 16.1 Å². The first-order valence-corrected chi connectivity index (χ1v) is 33.4. The summed E-state index contributed by atoms with van der Waals surface area (Å²) in [6.45, 7) is 34.3. The molecule has 71 heavy (non-hydrogen) atoms. The van der Waals surface area contributed by atoms with Crippen LogP contribution < -0.4 is 9.80 Å². The Hall–Kier alpha value is -6.21. The number of anilines is 6. The van der Waals surface area contributed by atoms with Crippen LogP contribution in [0.3, 0.4) is 0 Å². The largest absolute Gasteiger partial charge is 0.310 e. The molecule has 0 N–H and O–H groups in total. The second-order valence-corrected chi connectivity index (χ2v) is 34.8. The fraction of sp³-hybridized carbons (Fsp3) is 0.284. The average molecular weight is 964 g/mol. The Balaban J connectivity index is 1.30. The molecule has 0 aromatic heterocycles. The third-order valence-corrected chi connectivity index (χ3v) is 26.1. The van der Waals surface area contributed by atoms with Gasteiger partial charge in [0.15, 0.2) is 0 Å². The first-order chi connectivity index (χ1) is 33.8. The summed E-state index contributed by atoms with van der Waals surface area (Å²) >= 11 is 0. The number of benzene rings is 9. The zero-order valence-corrected chi connectivity index (χ0v) is 46.9. The van der Waals surface area contributed by atoms with Gasteiger partial charge in [0, 0.05) is 38.5 Å². The molecule has 0 spiro atoms. The number of fused-ring (bicyclic) bond motifs is 10. The topological polar surface area (TPSA) is 6.48 Å². The molecule has 0 bridgehead atoms. The zero-order chi connectivity index (χ0) is 50.3. The van der Waals surface area contributed by atoms with Crippen LogP contribution in [0, 0.1) is 0 Å². The second kappa shape index (κ2) is 18.1. The highest BCUT2D eigenvalue weighted by atomic mass is 28.4. The fourth-order valence-electron chi connectivity index (χ4n) is 12.8. The summed E-state index contributed by atoms with van der Waals surface area (Å²) in [4.78, 5) is 5.04. The predicted molar refractivity (Wildman–Crippen MR) is 318 cm³/mol. The van der Waals surface area contributed by atoms with Crippen LogP contribution in [0.1, 0.15) is 112 Å². The van der Waals surface area contributed by atoms with Crippen molar-refractivity contribution in [3.05, 3.63) is 203 Å². The molecule has 2 nitrogen and oxygen atoms in total. The summed E-state index contributed by atoms with van der Waals surface area (Å²) in [5.41, 5.74) is 18.5. The molecule has 0 saturated heterocycles. The van der Waals surface area contributed by atoms with Crippen LogP contribution in [0.4, 0.5) is 34.1 Å². The standard InChI is InChI=1S/C67H74N2Si2/c1-43(2)47-23-31-51(32-24-47)68(52-33-25-48(26-34-52)44(3)4)55-39-40-60-61(41-55)56-19-15-17-21-58(56)65-64-59-22-18-16-20-57(59)63(42-62(64)67(66(60)65,70(9,10)11)71(12,13)14)69(53-35-27-49(28-36-53)45(5)6)54-37-29-50(30-38-54)46(7)8/h15-46H,1-14H3. The lowest BCUT2D eigenvalue weighted by Gasteiger charge is -2.52. The molecule has 10 rings (SSSR count). The number of hydrogen-bond donors (Lipinski definition) is 0. The molecule has 0 atom stereocenters. The van der Waals surface area contributed by atoms with Crippen molar-refractivity contribution in [3.8, 4) is 11.1 Å². The van der Waals surface area contributed by atoms with Gasteiger partial charge in [0.1, 0.15) is 0 Å². The SMILES string of the molecule is CC(C)c1ccc(N(c2ccc(C(C)C)cc2)c2ccc3c4c(c5ccccc5c3c2)-c2c(cc(N(c3ccc(C(C)C)cc3)c3ccc(C(C)C)cc3)c3ccccc23)C4([Si](C)(C)C)[Si](C)(C)C)cc1. The van der Waals surface area contributed by atoms with Crippen molar-refractivity contribution in [1.29, 1.82) is 0 Å². The predicted octanol–water partition coefficient (Wildman–Crippen LogP) is 20.6. The second-order valence-electron chi connectivity index (χ2n) is 23.8. The van der Waals surface area contributed by atoms with E-state index in [1.54, 1.807) is 5.56 Å². The monoisotopic (exact) mass is 963 g/mol. The van der Waals surface area contributed by atoms with Crippen molar-refractivity contribution in [3.63, 3.8) is 0 Å². The zero-order valence-electron chi connectivity index (χ0n) is 44.9. The van der Waals surface area contributed by atoms with Crippen LogP contribution in [-0.2, 0) is 4.66 Å². The van der Waals surface area contributed by atoms with Gasteiger partial charge in [0.05, 0.1) is 21.8 Å². The molecule has 1 aliphatic rings. The van der Waals surface area contributed by atoms with Crippen molar-refractivity contribution in [2.75, 3.05) is 9.80 Å². The Morgan fingerprint density at radius 2 is 0.676 bits per heavy atom. The Kier molecular flexibility index (Phi) is 12.4. The van der Waals surface area contributed by atoms with E-state index in [2.05, 4.69) is 274 Å². The van der Waals surface area contributed by atoms with Gasteiger partial charge in [-0.2, -0.15) is 0 Å².